The van der Waals surface area contributed by atoms with Crippen LogP contribution in [0.25, 0.3) is 0 Å². The lowest BCUT2D eigenvalue weighted by molar-refractivity contribution is 0.305. The first-order chi connectivity index (χ1) is 10.0. The zero-order chi connectivity index (χ0) is 15.6. The van der Waals surface area contributed by atoms with Crippen molar-refractivity contribution < 1.29 is 22.4 Å². The first-order valence-electron chi connectivity index (χ1n) is 6.60. The number of ether oxygens (including phenoxy) is 2. The fraction of sp³-hybridized carbons (Fsp3) is 0.538. The summed E-state index contributed by atoms with van der Waals surface area (Å²) in [6, 6.07) is 7.43. The Bertz CT molecular complexity index is 490. The van der Waals surface area contributed by atoms with Crippen molar-refractivity contribution in [2.24, 2.45) is 0 Å². The van der Waals surface area contributed by atoms with E-state index in [1.807, 2.05) is 24.3 Å². The number of methoxy groups -OCH3 is 1. The quantitative estimate of drug-likeness (QED) is 0.363. The second-order valence-corrected chi connectivity index (χ2v) is 7.70. The molecule has 1 rings (SSSR count). The predicted octanol–water partition coefficient (Wildman–Crippen LogP) is 1.98. The molecule has 0 heterocycles. The van der Waals surface area contributed by atoms with Crippen LogP contribution in [0, 0.1) is 0 Å². The smallest absolute Gasteiger partial charge is 0.319 e. The second kappa shape index (κ2) is 9.88. The minimum absolute atomic E-state index is 0.335. The van der Waals surface area contributed by atoms with Gasteiger partial charge in [0.15, 0.2) is 0 Å². The average molecular weight is 335 g/mol. The van der Waals surface area contributed by atoms with Crippen molar-refractivity contribution in [3.05, 3.63) is 24.3 Å². The van der Waals surface area contributed by atoms with Gasteiger partial charge in [-0.05, 0) is 54.4 Å². The molecule has 2 N–H and O–H groups in total. The van der Waals surface area contributed by atoms with Gasteiger partial charge in [-0.3, -0.25) is 4.55 Å². The molecule has 0 aliphatic heterocycles. The van der Waals surface area contributed by atoms with Gasteiger partial charge in [0.05, 0.1) is 13.7 Å². The molecule has 0 bridgehead atoms. The van der Waals surface area contributed by atoms with E-state index in [1.54, 1.807) is 7.11 Å². The molecular formula is C13H21NO5S2. The van der Waals surface area contributed by atoms with Crippen molar-refractivity contribution in [2.75, 3.05) is 32.6 Å². The molecule has 0 amide bonds. The predicted molar refractivity (Wildman–Crippen MR) is 84.6 cm³/mol. The molecule has 120 valence electrons. The van der Waals surface area contributed by atoms with E-state index in [2.05, 4.69) is 5.32 Å². The van der Waals surface area contributed by atoms with Gasteiger partial charge in [0, 0.05) is 12.3 Å². The minimum Gasteiger partial charge on any atom is -0.497 e. The van der Waals surface area contributed by atoms with Crippen molar-refractivity contribution in [3.8, 4) is 11.5 Å². The molecule has 0 saturated carbocycles. The van der Waals surface area contributed by atoms with Crippen LogP contribution in [0.4, 0.5) is 0 Å². The molecular weight excluding hydrogens is 314 g/mol. The lowest BCUT2D eigenvalue weighted by Gasteiger charge is -2.07. The zero-order valence-corrected chi connectivity index (χ0v) is 13.6. The van der Waals surface area contributed by atoms with Crippen LogP contribution in [0.3, 0.4) is 0 Å². The number of nitrogens with one attached hydrogen (secondary N) is 1. The Morgan fingerprint density at radius 3 is 2.43 bits per heavy atom. The third-order valence-electron chi connectivity index (χ3n) is 2.59. The zero-order valence-electron chi connectivity index (χ0n) is 11.9. The first kappa shape index (κ1) is 18.1. The number of benzene rings is 1. The summed E-state index contributed by atoms with van der Waals surface area (Å²) >= 11 is 0. The SMILES string of the molecule is COc1ccc(OCCCCNCCSS(=O)(=O)O)cc1. The summed E-state index contributed by atoms with van der Waals surface area (Å²) in [5.41, 5.74) is 0. The molecule has 0 atom stereocenters. The molecule has 1 aromatic rings. The minimum atomic E-state index is -3.91. The summed E-state index contributed by atoms with van der Waals surface area (Å²) in [6.45, 7) is 1.97. The number of hydrogen-bond acceptors (Lipinski definition) is 6. The van der Waals surface area contributed by atoms with Crippen LogP contribution in [0.15, 0.2) is 24.3 Å². The Hall–Kier alpha value is -0.960. The van der Waals surface area contributed by atoms with Crippen molar-refractivity contribution >= 4 is 19.9 Å². The molecule has 1 aromatic carbocycles. The van der Waals surface area contributed by atoms with E-state index >= 15 is 0 Å². The third kappa shape index (κ3) is 9.57. The molecule has 0 radical (unpaired) electrons. The second-order valence-electron chi connectivity index (χ2n) is 4.23. The maximum atomic E-state index is 10.4. The molecule has 0 saturated heterocycles. The van der Waals surface area contributed by atoms with E-state index in [4.69, 9.17) is 14.0 Å². The molecule has 0 unspecified atom stereocenters. The highest BCUT2D eigenvalue weighted by molar-refractivity contribution is 8.69. The van der Waals surface area contributed by atoms with Gasteiger partial charge < -0.3 is 14.8 Å². The van der Waals surface area contributed by atoms with Gasteiger partial charge in [0.1, 0.15) is 11.5 Å². The fourth-order valence-electron chi connectivity index (χ4n) is 1.56. The molecule has 6 nitrogen and oxygen atoms in total. The van der Waals surface area contributed by atoms with E-state index in [9.17, 15) is 8.42 Å². The van der Waals surface area contributed by atoms with Crippen LogP contribution in [-0.2, 0) is 9.15 Å². The molecule has 0 fully saturated rings. The Labute approximate surface area is 129 Å². The van der Waals surface area contributed by atoms with Crippen LogP contribution in [0.2, 0.25) is 0 Å². The van der Waals surface area contributed by atoms with Crippen LogP contribution < -0.4 is 14.8 Å². The van der Waals surface area contributed by atoms with Crippen molar-refractivity contribution in [1.29, 1.82) is 0 Å². The van der Waals surface area contributed by atoms with Crippen molar-refractivity contribution in [3.63, 3.8) is 0 Å². The van der Waals surface area contributed by atoms with E-state index in [-0.39, 0.29) is 0 Å². The lowest BCUT2D eigenvalue weighted by atomic mass is 10.3. The van der Waals surface area contributed by atoms with Gasteiger partial charge in [0.25, 0.3) is 0 Å². The summed E-state index contributed by atoms with van der Waals surface area (Å²) in [5.74, 6) is 1.95. The standard InChI is InChI=1S/C13H21NO5S2/c1-18-12-4-6-13(7-5-12)19-10-3-2-8-14-9-11-20-21(15,16)17/h4-7,14H,2-3,8-11H2,1H3,(H,15,16,17). The Balaban J connectivity index is 1.97. The van der Waals surface area contributed by atoms with Gasteiger partial charge >= 0.3 is 9.15 Å². The average Bonchev–Trinajstić information content (AvgIpc) is 2.45. The number of rotatable bonds is 11. The van der Waals surface area contributed by atoms with Gasteiger partial charge in [-0.2, -0.15) is 8.42 Å². The lowest BCUT2D eigenvalue weighted by Crippen LogP contribution is -2.19. The molecule has 0 aliphatic carbocycles. The topological polar surface area (TPSA) is 84.9 Å². The first-order valence-corrected chi connectivity index (χ1v) is 9.55. The number of unbranched alkanes of at least 4 members (excludes halogenated alkanes) is 1. The third-order valence-corrected chi connectivity index (χ3v) is 4.65. The maximum Gasteiger partial charge on any atom is 0.319 e. The molecule has 0 aromatic heterocycles. The largest absolute Gasteiger partial charge is 0.497 e. The van der Waals surface area contributed by atoms with Gasteiger partial charge in [-0.15, -0.1) is 0 Å². The summed E-state index contributed by atoms with van der Waals surface area (Å²) in [7, 11) is -1.76. The Morgan fingerprint density at radius 1 is 1.14 bits per heavy atom. The van der Waals surface area contributed by atoms with Gasteiger partial charge in [-0.1, -0.05) is 0 Å². The van der Waals surface area contributed by atoms with Crippen LogP contribution in [-0.4, -0.2) is 45.5 Å². The van der Waals surface area contributed by atoms with Gasteiger partial charge in [0.2, 0.25) is 0 Å². The summed E-state index contributed by atoms with van der Waals surface area (Å²) in [4.78, 5) is 0. The van der Waals surface area contributed by atoms with E-state index in [0.717, 1.165) is 30.9 Å². The number of hydrogen-bond donors (Lipinski definition) is 2. The van der Waals surface area contributed by atoms with Gasteiger partial charge in [-0.25, -0.2) is 0 Å². The van der Waals surface area contributed by atoms with E-state index < -0.39 is 9.15 Å². The maximum absolute atomic E-state index is 10.4. The van der Waals surface area contributed by atoms with Crippen LogP contribution in [0.5, 0.6) is 11.5 Å². The van der Waals surface area contributed by atoms with Crippen LogP contribution in [0.1, 0.15) is 12.8 Å². The van der Waals surface area contributed by atoms with Crippen LogP contribution >= 0.6 is 10.8 Å². The molecule has 8 heteroatoms. The summed E-state index contributed by atoms with van der Waals surface area (Å²) in [6.07, 6.45) is 1.84. The van der Waals surface area contributed by atoms with Crippen molar-refractivity contribution in [1.82, 2.24) is 5.32 Å². The Kier molecular flexibility index (Phi) is 8.51. The highest BCUT2D eigenvalue weighted by Gasteiger charge is 2.03. The Morgan fingerprint density at radius 2 is 1.81 bits per heavy atom. The molecule has 0 aliphatic rings. The summed E-state index contributed by atoms with van der Waals surface area (Å²) < 4.78 is 40.0. The van der Waals surface area contributed by atoms with E-state index in [0.29, 0.717) is 29.7 Å². The van der Waals surface area contributed by atoms with Crippen molar-refractivity contribution in [2.45, 2.75) is 12.8 Å². The molecule has 0 spiro atoms. The molecule has 21 heavy (non-hydrogen) atoms. The van der Waals surface area contributed by atoms with E-state index in [1.165, 1.54) is 0 Å². The summed E-state index contributed by atoms with van der Waals surface area (Å²) in [5, 5.41) is 3.10. The normalized spacial score (nSPS) is 11.3. The monoisotopic (exact) mass is 335 g/mol. The highest BCUT2D eigenvalue weighted by atomic mass is 33.1. The highest BCUT2D eigenvalue weighted by Crippen LogP contribution is 2.17. The fourth-order valence-corrected chi connectivity index (χ4v) is 2.88.